The van der Waals surface area contributed by atoms with Crippen LogP contribution in [0.2, 0.25) is 5.04 Å². The zero-order valence-electron chi connectivity index (χ0n) is 21.7. The largest absolute Gasteiger partial charge is 0.377 e. The molecule has 1 aliphatic rings. The van der Waals surface area contributed by atoms with Crippen LogP contribution in [0, 0.1) is 0 Å². The van der Waals surface area contributed by atoms with Crippen LogP contribution < -0.4 is 21.4 Å². The zero-order valence-corrected chi connectivity index (χ0v) is 22.7. The second-order valence-corrected chi connectivity index (χ2v) is 14.3. The lowest BCUT2D eigenvalue weighted by atomic mass is 10.2. The molecule has 8 heteroatoms. The number of aromatic nitrogens is 2. The highest BCUT2D eigenvalue weighted by atomic mass is 28.4. The Hall–Kier alpha value is -3.59. The van der Waals surface area contributed by atoms with Gasteiger partial charge in [0.1, 0.15) is 5.82 Å². The molecule has 4 rings (SSSR count). The SMILES string of the molecule is C=CC[C@@]1(O[Si](c2ccccc2)(c2ccccc2)C(C)(C)C)C=C[C@H](n2ccc(NC(C)=O)nc2=O)O1. The Bertz CT molecular complexity index is 1310. The van der Waals surface area contributed by atoms with Crippen LogP contribution in [0.4, 0.5) is 5.82 Å². The third-order valence-electron chi connectivity index (χ3n) is 6.41. The van der Waals surface area contributed by atoms with Crippen molar-refractivity contribution in [2.75, 3.05) is 5.32 Å². The molecular weight excluding hydrogens is 482 g/mol. The third-order valence-corrected chi connectivity index (χ3v) is 11.5. The van der Waals surface area contributed by atoms with Crippen molar-refractivity contribution in [2.45, 2.75) is 51.2 Å². The van der Waals surface area contributed by atoms with Crippen LogP contribution in [0.25, 0.3) is 0 Å². The highest BCUT2D eigenvalue weighted by molar-refractivity contribution is 6.99. The van der Waals surface area contributed by atoms with Gasteiger partial charge < -0.3 is 14.5 Å². The van der Waals surface area contributed by atoms with E-state index in [9.17, 15) is 9.59 Å². The van der Waals surface area contributed by atoms with E-state index < -0.39 is 26.0 Å². The van der Waals surface area contributed by atoms with Gasteiger partial charge in [-0.2, -0.15) is 4.98 Å². The lowest BCUT2D eigenvalue weighted by Crippen LogP contribution is -2.69. The predicted octanol–water partition coefficient (Wildman–Crippen LogP) is 4.14. The number of carbonyl (C=O) groups excluding carboxylic acids is 1. The minimum absolute atomic E-state index is 0.191. The van der Waals surface area contributed by atoms with Crippen molar-refractivity contribution < 1.29 is 14.0 Å². The van der Waals surface area contributed by atoms with Crippen molar-refractivity contribution in [2.24, 2.45) is 0 Å². The van der Waals surface area contributed by atoms with Crippen LogP contribution in [0.5, 0.6) is 0 Å². The number of amides is 1. The van der Waals surface area contributed by atoms with Crippen LogP contribution in [0.15, 0.2) is 103 Å². The summed E-state index contributed by atoms with van der Waals surface area (Å²) >= 11 is 0. The maximum absolute atomic E-state index is 12.8. The highest BCUT2D eigenvalue weighted by Gasteiger charge is 2.55. The van der Waals surface area contributed by atoms with Crippen LogP contribution in [-0.2, 0) is 14.0 Å². The molecule has 0 radical (unpaired) electrons. The first kappa shape index (κ1) is 26.5. The summed E-state index contributed by atoms with van der Waals surface area (Å²) in [6.07, 6.45) is 6.67. The number of carbonyl (C=O) groups is 1. The molecule has 0 fully saturated rings. The van der Waals surface area contributed by atoms with Gasteiger partial charge in [0.05, 0.1) is 0 Å². The van der Waals surface area contributed by atoms with Crippen LogP contribution >= 0.6 is 0 Å². The molecule has 7 nitrogen and oxygen atoms in total. The van der Waals surface area contributed by atoms with E-state index in [-0.39, 0.29) is 16.8 Å². The summed E-state index contributed by atoms with van der Waals surface area (Å²) in [5.74, 6) is -1.25. The topological polar surface area (TPSA) is 82.5 Å². The molecule has 2 atom stereocenters. The highest BCUT2D eigenvalue weighted by Crippen LogP contribution is 2.43. The number of rotatable bonds is 8. The molecule has 0 saturated heterocycles. The number of anilines is 1. The summed E-state index contributed by atoms with van der Waals surface area (Å²) in [5, 5.41) is 4.51. The van der Waals surface area contributed by atoms with Gasteiger partial charge in [-0.05, 0) is 33.6 Å². The fraction of sp³-hybridized carbons (Fsp3) is 0.276. The average Bonchev–Trinajstić information content (AvgIpc) is 3.26. The Morgan fingerprint density at radius 3 is 2.22 bits per heavy atom. The Kier molecular flexibility index (Phi) is 7.45. The lowest BCUT2D eigenvalue weighted by molar-refractivity contribution is -0.175. The molecule has 0 spiro atoms. The van der Waals surface area contributed by atoms with E-state index in [1.165, 1.54) is 11.5 Å². The van der Waals surface area contributed by atoms with Gasteiger partial charge in [-0.3, -0.25) is 9.36 Å². The van der Waals surface area contributed by atoms with E-state index in [1.807, 2.05) is 48.6 Å². The first-order valence-electron chi connectivity index (χ1n) is 12.3. The van der Waals surface area contributed by atoms with E-state index >= 15 is 0 Å². The minimum atomic E-state index is -2.97. The van der Waals surface area contributed by atoms with E-state index in [4.69, 9.17) is 9.16 Å². The lowest BCUT2D eigenvalue weighted by Gasteiger charge is -2.47. The van der Waals surface area contributed by atoms with Crippen LogP contribution in [0.1, 0.15) is 40.3 Å². The summed E-state index contributed by atoms with van der Waals surface area (Å²) in [4.78, 5) is 28.1. The van der Waals surface area contributed by atoms with Crippen molar-refractivity contribution >= 4 is 30.4 Å². The van der Waals surface area contributed by atoms with Gasteiger partial charge in [0.25, 0.3) is 8.32 Å². The summed E-state index contributed by atoms with van der Waals surface area (Å²) in [6, 6.07) is 22.2. The minimum Gasteiger partial charge on any atom is -0.377 e. The van der Waals surface area contributed by atoms with E-state index in [2.05, 4.69) is 61.9 Å². The first-order chi connectivity index (χ1) is 17.6. The van der Waals surface area contributed by atoms with E-state index in [0.717, 1.165) is 10.4 Å². The second-order valence-electron chi connectivity index (χ2n) is 10.1. The fourth-order valence-corrected chi connectivity index (χ4v) is 9.49. The van der Waals surface area contributed by atoms with Crippen molar-refractivity contribution in [3.8, 4) is 0 Å². The van der Waals surface area contributed by atoms with Gasteiger partial charge in [0.15, 0.2) is 12.0 Å². The van der Waals surface area contributed by atoms with E-state index in [1.54, 1.807) is 18.3 Å². The summed E-state index contributed by atoms with van der Waals surface area (Å²) < 4.78 is 15.2. The van der Waals surface area contributed by atoms with Crippen molar-refractivity contribution in [1.82, 2.24) is 9.55 Å². The van der Waals surface area contributed by atoms with Crippen molar-refractivity contribution in [1.29, 1.82) is 0 Å². The summed E-state index contributed by atoms with van der Waals surface area (Å²) in [5.41, 5.74) is -0.541. The predicted molar refractivity (Wildman–Crippen MR) is 148 cm³/mol. The zero-order chi connectivity index (χ0) is 26.7. The van der Waals surface area contributed by atoms with E-state index in [0.29, 0.717) is 6.42 Å². The number of nitrogens with one attached hydrogen (secondary N) is 1. The Balaban J connectivity index is 1.79. The van der Waals surface area contributed by atoms with Crippen molar-refractivity contribution in [3.05, 3.63) is 108 Å². The van der Waals surface area contributed by atoms with Gasteiger partial charge in [-0.25, -0.2) is 4.79 Å². The number of benzene rings is 2. The smallest absolute Gasteiger partial charge is 0.351 e. The molecule has 0 saturated carbocycles. The van der Waals surface area contributed by atoms with Crippen LogP contribution in [0.3, 0.4) is 0 Å². The molecule has 0 bridgehead atoms. The van der Waals surface area contributed by atoms with Gasteiger partial charge >= 0.3 is 5.69 Å². The molecule has 2 aromatic carbocycles. The number of ether oxygens (including phenoxy) is 1. The normalized spacial score (nSPS) is 19.5. The van der Waals surface area contributed by atoms with Gasteiger partial charge in [0, 0.05) is 19.5 Å². The second kappa shape index (κ2) is 10.4. The van der Waals surface area contributed by atoms with Gasteiger partial charge in [-0.1, -0.05) is 87.5 Å². The maximum atomic E-state index is 12.8. The third kappa shape index (κ3) is 5.27. The average molecular weight is 516 g/mol. The Morgan fingerprint density at radius 1 is 1.14 bits per heavy atom. The number of hydrogen-bond acceptors (Lipinski definition) is 5. The molecule has 1 N–H and O–H groups in total. The monoisotopic (exact) mass is 515 g/mol. The molecule has 1 amide bonds. The molecule has 37 heavy (non-hydrogen) atoms. The first-order valence-corrected chi connectivity index (χ1v) is 14.2. The summed E-state index contributed by atoms with van der Waals surface area (Å²) in [6.45, 7) is 11.9. The van der Waals surface area contributed by atoms with Gasteiger partial charge in [-0.15, -0.1) is 6.58 Å². The molecule has 192 valence electrons. The number of nitrogens with zero attached hydrogens (tertiary/aromatic N) is 2. The van der Waals surface area contributed by atoms with Crippen molar-refractivity contribution in [3.63, 3.8) is 0 Å². The quantitative estimate of drug-likeness (QED) is 0.360. The van der Waals surface area contributed by atoms with Gasteiger partial charge in [0.2, 0.25) is 5.91 Å². The maximum Gasteiger partial charge on any atom is 0.351 e. The summed E-state index contributed by atoms with van der Waals surface area (Å²) in [7, 11) is -2.97. The Morgan fingerprint density at radius 2 is 1.73 bits per heavy atom. The molecule has 1 aromatic heterocycles. The molecule has 3 aromatic rings. The Labute approximate surface area is 218 Å². The molecule has 0 aliphatic carbocycles. The molecule has 0 unspecified atom stereocenters. The van der Waals surface area contributed by atoms with Crippen LogP contribution in [-0.4, -0.2) is 29.6 Å². The standard InChI is InChI=1S/C29H33N3O4Si/c1-6-19-29(20-17-26(35-29)32-21-18-25(30-22(2)33)31-27(32)34)36-37(28(3,4)5,23-13-9-7-10-14-23)24-15-11-8-12-16-24/h6-18,20-21,26H,1,19H2,2-5H3,(H,30,31,33,34)/t26-,29-/m1/s1. The molecule has 1 aliphatic heterocycles. The molecule has 2 heterocycles. The molecular formula is C29H33N3O4Si. The number of hydrogen-bond donors (Lipinski definition) is 1. The fourth-order valence-electron chi connectivity index (χ4n) is 4.84.